The van der Waals surface area contributed by atoms with E-state index in [1.54, 1.807) is 12.1 Å². The number of carbonyl (C=O) groups excluding carboxylic acids is 1. The topological polar surface area (TPSA) is 75.6 Å². The molecular formula is C20H22FNO4. The summed E-state index contributed by atoms with van der Waals surface area (Å²) in [6.45, 7) is 2.15. The minimum absolute atomic E-state index is 0.184. The van der Waals surface area contributed by atoms with Crippen molar-refractivity contribution in [3.05, 3.63) is 65.5 Å². The Morgan fingerprint density at radius 1 is 1.19 bits per heavy atom. The number of carboxylic acids is 1. The first-order valence-electron chi connectivity index (χ1n) is 8.41. The molecule has 0 saturated heterocycles. The normalized spacial score (nSPS) is 11.6. The number of hydrogen-bond donors (Lipinski definition) is 2. The van der Waals surface area contributed by atoms with E-state index in [1.165, 1.54) is 12.1 Å². The summed E-state index contributed by atoms with van der Waals surface area (Å²) in [6, 6.07) is 12.6. The zero-order valence-corrected chi connectivity index (χ0v) is 14.6. The second-order valence-electron chi connectivity index (χ2n) is 5.98. The number of hydrogen-bond acceptors (Lipinski definition) is 3. The highest BCUT2D eigenvalue weighted by molar-refractivity contribution is 5.77. The van der Waals surface area contributed by atoms with Crippen molar-refractivity contribution < 1.29 is 23.8 Å². The molecule has 1 unspecified atom stereocenters. The van der Waals surface area contributed by atoms with Gasteiger partial charge in [-0.05, 0) is 36.6 Å². The highest BCUT2D eigenvalue weighted by atomic mass is 19.1. The van der Waals surface area contributed by atoms with Crippen LogP contribution in [0.5, 0.6) is 5.75 Å². The van der Waals surface area contributed by atoms with Crippen LogP contribution < -0.4 is 10.1 Å². The van der Waals surface area contributed by atoms with E-state index in [2.05, 4.69) is 5.32 Å². The Bertz CT molecular complexity index is 763. The van der Waals surface area contributed by atoms with Crippen LogP contribution in [-0.4, -0.2) is 23.6 Å². The first-order valence-corrected chi connectivity index (χ1v) is 8.41. The summed E-state index contributed by atoms with van der Waals surface area (Å²) in [4.78, 5) is 23.3. The van der Waals surface area contributed by atoms with Crippen LogP contribution in [0.4, 0.5) is 4.39 Å². The molecule has 0 aliphatic heterocycles. The van der Waals surface area contributed by atoms with Gasteiger partial charge in [-0.1, -0.05) is 30.3 Å². The highest BCUT2D eigenvalue weighted by Gasteiger charge is 2.19. The Balaban J connectivity index is 1.85. The van der Waals surface area contributed by atoms with Crippen molar-refractivity contribution >= 4 is 11.9 Å². The molecule has 2 N–H and O–H groups in total. The maximum atomic E-state index is 13.1. The largest absolute Gasteiger partial charge is 0.493 e. The predicted molar refractivity (Wildman–Crippen MR) is 95.4 cm³/mol. The van der Waals surface area contributed by atoms with Crippen LogP contribution in [0, 0.1) is 12.7 Å². The molecule has 0 saturated carbocycles. The molecule has 0 fully saturated rings. The molecule has 138 valence electrons. The van der Waals surface area contributed by atoms with Crippen molar-refractivity contribution in [2.45, 2.75) is 32.2 Å². The molecule has 1 atom stereocenters. The summed E-state index contributed by atoms with van der Waals surface area (Å²) in [5, 5.41) is 11.9. The quantitative estimate of drug-likeness (QED) is 0.671. The summed E-state index contributed by atoms with van der Waals surface area (Å²) >= 11 is 0. The number of aliphatic carboxylic acids is 1. The van der Waals surface area contributed by atoms with Crippen molar-refractivity contribution in [1.82, 2.24) is 5.32 Å². The smallest absolute Gasteiger partial charge is 0.305 e. The number of carboxylic acid groups (broad SMARTS) is 1. The molecule has 6 heteroatoms. The van der Waals surface area contributed by atoms with Gasteiger partial charge in [0.05, 0.1) is 19.1 Å². The van der Waals surface area contributed by atoms with Crippen LogP contribution in [0.3, 0.4) is 0 Å². The Hall–Kier alpha value is -2.89. The fraction of sp³-hybridized carbons (Fsp3) is 0.300. The van der Waals surface area contributed by atoms with Crippen LogP contribution in [-0.2, 0) is 9.59 Å². The highest BCUT2D eigenvalue weighted by Crippen LogP contribution is 2.21. The molecule has 0 heterocycles. The third-order valence-corrected chi connectivity index (χ3v) is 3.89. The van der Waals surface area contributed by atoms with E-state index in [-0.39, 0.29) is 31.2 Å². The lowest BCUT2D eigenvalue weighted by Gasteiger charge is -2.19. The van der Waals surface area contributed by atoms with Crippen molar-refractivity contribution in [2.24, 2.45) is 0 Å². The zero-order chi connectivity index (χ0) is 18.9. The SMILES string of the molecule is Cc1ccccc1C(CC(=O)O)NC(=O)CCCOc1cccc(F)c1. The fourth-order valence-corrected chi connectivity index (χ4v) is 2.64. The number of rotatable bonds is 9. The lowest BCUT2D eigenvalue weighted by Crippen LogP contribution is -2.30. The zero-order valence-electron chi connectivity index (χ0n) is 14.6. The third kappa shape index (κ3) is 6.20. The standard InChI is InChI=1S/C20H22FNO4/c1-14-6-2-3-9-17(14)18(13-20(24)25)22-19(23)10-5-11-26-16-8-4-7-15(21)12-16/h2-4,6-9,12,18H,5,10-11,13H2,1H3,(H,22,23)(H,24,25). The molecule has 0 aliphatic carbocycles. The number of ether oxygens (including phenoxy) is 1. The molecule has 0 radical (unpaired) electrons. The molecule has 2 aromatic rings. The van der Waals surface area contributed by atoms with Crippen molar-refractivity contribution in [1.29, 1.82) is 0 Å². The molecule has 0 aromatic heterocycles. The summed E-state index contributed by atoms with van der Waals surface area (Å²) in [5.74, 6) is -1.20. The van der Waals surface area contributed by atoms with Crippen LogP contribution >= 0.6 is 0 Å². The van der Waals surface area contributed by atoms with E-state index in [9.17, 15) is 14.0 Å². The van der Waals surface area contributed by atoms with Gasteiger partial charge >= 0.3 is 5.97 Å². The monoisotopic (exact) mass is 359 g/mol. The van der Waals surface area contributed by atoms with Gasteiger partial charge in [-0.25, -0.2) is 4.39 Å². The number of carbonyl (C=O) groups is 2. The average Bonchev–Trinajstić information content (AvgIpc) is 2.58. The molecule has 2 rings (SSSR count). The minimum atomic E-state index is -0.979. The van der Waals surface area contributed by atoms with E-state index < -0.39 is 12.0 Å². The number of benzene rings is 2. The van der Waals surface area contributed by atoms with Crippen LogP contribution in [0.15, 0.2) is 48.5 Å². The second kappa shape index (κ2) is 9.56. The van der Waals surface area contributed by atoms with Gasteiger partial charge in [0, 0.05) is 12.5 Å². The Morgan fingerprint density at radius 2 is 1.96 bits per heavy atom. The van der Waals surface area contributed by atoms with E-state index >= 15 is 0 Å². The van der Waals surface area contributed by atoms with E-state index in [0.29, 0.717) is 12.2 Å². The summed E-state index contributed by atoms with van der Waals surface area (Å²) in [6.07, 6.45) is 0.448. The first kappa shape index (κ1) is 19.4. The van der Waals surface area contributed by atoms with Crippen molar-refractivity contribution in [3.8, 4) is 5.75 Å². The summed E-state index contributed by atoms with van der Waals surface area (Å²) in [5.41, 5.74) is 1.72. The lowest BCUT2D eigenvalue weighted by molar-refractivity contribution is -0.137. The Kier molecular flexibility index (Phi) is 7.14. The van der Waals surface area contributed by atoms with Gasteiger partial charge in [-0.3, -0.25) is 9.59 Å². The van der Waals surface area contributed by atoms with Crippen LogP contribution in [0.25, 0.3) is 0 Å². The van der Waals surface area contributed by atoms with Crippen LogP contribution in [0.2, 0.25) is 0 Å². The molecule has 5 nitrogen and oxygen atoms in total. The van der Waals surface area contributed by atoms with Crippen molar-refractivity contribution in [3.63, 3.8) is 0 Å². The summed E-state index contributed by atoms with van der Waals surface area (Å²) < 4.78 is 18.5. The molecule has 0 bridgehead atoms. The molecule has 26 heavy (non-hydrogen) atoms. The minimum Gasteiger partial charge on any atom is -0.493 e. The molecule has 1 amide bonds. The molecule has 2 aromatic carbocycles. The number of aryl methyl sites for hydroxylation is 1. The van der Waals surface area contributed by atoms with E-state index in [1.807, 2.05) is 31.2 Å². The van der Waals surface area contributed by atoms with Gasteiger partial charge in [0.25, 0.3) is 0 Å². The maximum Gasteiger partial charge on any atom is 0.305 e. The third-order valence-electron chi connectivity index (χ3n) is 3.89. The van der Waals surface area contributed by atoms with Gasteiger partial charge in [-0.15, -0.1) is 0 Å². The summed E-state index contributed by atoms with van der Waals surface area (Å²) in [7, 11) is 0. The predicted octanol–water partition coefficient (Wildman–Crippen LogP) is 3.63. The Labute approximate surface area is 151 Å². The van der Waals surface area contributed by atoms with Gasteiger partial charge in [0.1, 0.15) is 11.6 Å². The van der Waals surface area contributed by atoms with E-state index in [0.717, 1.165) is 11.1 Å². The number of nitrogens with one attached hydrogen (secondary N) is 1. The van der Waals surface area contributed by atoms with Crippen molar-refractivity contribution in [2.75, 3.05) is 6.61 Å². The first-order chi connectivity index (χ1) is 12.5. The van der Waals surface area contributed by atoms with Crippen LogP contribution in [0.1, 0.15) is 36.4 Å². The number of amides is 1. The van der Waals surface area contributed by atoms with Gasteiger partial charge in [0.2, 0.25) is 5.91 Å². The maximum absolute atomic E-state index is 13.1. The van der Waals surface area contributed by atoms with Gasteiger partial charge in [-0.2, -0.15) is 0 Å². The second-order valence-corrected chi connectivity index (χ2v) is 5.98. The van der Waals surface area contributed by atoms with Gasteiger partial charge < -0.3 is 15.2 Å². The molecule has 0 spiro atoms. The number of halogens is 1. The molecular weight excluding hydrogens is 337 g/mol. The fourth-order valence-electron chi connectivity index (χ4n) is 2.64. The van der Waals surface area contributed by atoms with Gasteiger partial charge in [0.15, 0.2) is 0 Å². The average molecular weight is 359 g/mol. The molecule has 0 aliphatic rings. The Morgan fingerprint density at radius 3 is 2.65 bits per heavy atom. The van der Waals surface area contributed by atoms with E-state index in [4.69, 9.17) is 9.84 Å². The lowest BCUT2D eigenvalue weighted by atomic mass is 9.98.